The van der Waals surface area contributed by atoms with Crippen LogP contribution in [0.15, 0.2) is 0 Å². The molecule has 1 N–H and O–H groups in total. The van der Waals surface area contributed by atoms with Crippen molar-refractivity contribution < 1.29 is 5.11 Å². The first-order valence-electron chi connectivity index (χ1n) is 3.89. The Morgan fingerprint density at radius 3 is 2.70 bits per heavy atom. The average molecular weight is 139 g/mol. The minimum Gasteiger partial charge on any atom is -0.393 e. The molecule has 0 aromatic rings. The molecule has 1 aliphatic carbocycles. The van der Waals surface area contributed by atoms with E-state index in [9.17, 15) is 5.11 Å². The van der Waals surface area contributed by atoms with Crippen molar-refractivity contribution in [1.82, 2.24) is 0 Å². The lowest BCUT2D eigenvalue weighted by molar-refractivity contribution is 0.0722. The van der Waals surface area contributed by atoms with E-state index in [0.29, 0.717) is 6.42 Å². The SMILES string of the molecule is N#CC[C@@H]1CCCC[C@H]1O. The van der Waals surface area contributed by atoms with Gasteiger partial charge in [-0.25, -0.2) is 0 Å². The first-order chi connectivity index (χ1) is 4.84. The molecule has 2 heteroatoms. The highest BCUT2D eigenvalue weighted by atomic mass is 16.3. The standard InChI is InChI=1S/C8H13NO/c9-6-5-7-3-1-2-4-8(7)10/h7-8,10H,1-5H2/t7-,8+/m0/s1. The van der Waals surface area contributed by atoms with Crippen LogP contribution in [0.1, 0.15) is 32.1 Å². The molecule has 0 spiro atoms. The number of hydrogen-bond donors (Lipinski definition) is 1. The minimum absolute atomic E-state index is 0.201. The second-order valence-electron chi connectivity index (χ2n) is 2.97. The van der Waals surface area contributed by atoms with Crippen molar-refractivity contribution in [2.45, 2.75) is 38.2 Å². The fourth-order valence-corrected chi connectivity index (χ4v) is 1.54. The topological polar surface area (TPSA) is 44.0 Å². The van der Waals surface area contributed by atoms with E-state index in [1.54, 1.807) is 0 Å². The second kappa shape index (κ2) is 3.58. The molecule has 0 heterocycles. The molecule has 1 aliphatic rings. The lowest BCUT2D eigenvalue weighted by atomic mass is 9.85. The number of hydrogen-bond acceptors (Lipinski definition) is 2. The maximum atomic E-state index is 9.35. The quantitative estimate of drug-likeness (QED) is 0.597. The van der Waals surface area contributed by atoms with Crippen molar-refractivity contribution in [2.75, 3.05) is 0 Å². The summed E-state index contributed by atoms with van der Waals surface area (Å²) in [5.74, 6) is 0.263. The molecule has 2 nitrogen and oxygen atoms in total. The van der Waals surface area contributed by atoms with Gasteiger partial charge in [-0.1, -0.05) is 12.8 Å². The summed E-state index contributed by atoms with van der Waals surface area (Å²) in [5.41, 5.74) is 0. The number of aliphatic hydroxyl groups is 1. The molecule has 0 amide bonds. The lowest BCUT2D eigenvalue weighted by Crippen LogP contribution is -2.23. The van der Waals surface area contributed by atoms with Crippen molar-refractivity contribution in [2.24, 2.45) is 5.92 Å². The molecule has 0 aromatic carbocycles. The molecule has 0 bridgehead atoms. The summed E-state index contributed by atoms with van der Waals surface area (Å²) in [4.78, 5) is 0. The summed E-state index contributed by atoms with van der Waals surface area (Å²) in [6.45, 7) is 0. The molecule has 1 fully saturated rings. The summed E-state index contributed by atoms with van der Waals surface area (Å²) in [6.07, 6.45) is 4.57. The van der Waals surface area contributed by atoms with Crippen molar-refractivity contribution in [3.63, 3.8) is 0 Å². The third-order valence-electron chi connectivity index (χ3n) is 2.22. The Balaban J connectivity index is 2.34. The van der Waals surface area contributed by atoms with E-state index >= 15 is 0 Å². The highest BCUT2D eigenvalue weighted by molar-refractivity contribution is 4.82. The smallest absolute Gasteiger partial charge is 0.0625 e. The highest BCUT2D eigenvalue weighted by Gasteiger charge is 2.21. The van der Waals surface area contributed by atoms with E-state index in [-0.39, 0.29) is 12.0 Å². The molecule has 2 atom stereocenters. The van der Waals surface area contributed by atoms with Crippen LogP contribution < -0.4 is 0 Å². The summed E-state index contributed by atoms with van der Waals surface area (Å²) < 4.78 is 0. The molecule has 10 heavy (non-hydrogen) atoms. The average Bonchev–Trinajstić information content (AvgIpc) is 1.94. The molecule has 1 saturated carbocycles. The van der Waals surface area contributed by atoms with Crippen molar-refractivity contribution >= 4 is 0 Å². The van der Waals surface area contributed by atoms with Crippen LogP contribution in [-0.2, 0) is 0 Å². The van der Waals surface area contributed by atoms with Crippen LogP contribution in [0.25, 0.3) is 0 Å². The Kier molecular flexibility index (Phi) is 2.70. The van der Waals surface area contributed by atoms with Gasteiger partial charge in [0.15, 0.2) is 0 Å². The van der Waals surface area contributed by atoms with Crippen molar-refractivity contribution in [3.05, 3.63) is 0 Å². The molecule has 0 aliphatic heterocycles. The highest BCUT2D eigenvalue weighted by Crippen LogP contribution is 2.26. The number of nitriles is 1. The predicted octanol–water partition coefficient (Wildman–Crippen LogP) is 1.45. The van der Waals surface area contributed by atoms with Crippen LogP contribution in [0.5, 0.6) is 0 Å². The summed E-state index contributed by atoms with van der Waals surface area (Å²) >= 11 is 0. The van der Waals surface area contributed by atoms with Crippen LogP contribution >= 0.6 is 0 Å². The van der Waals surface area contributed by atoms with Gasteiger partial charge >= 0.3 is 0 Å². The molecule has 0 saturated heterocycles. The first-order valence-corrected chi connectivity index (χ1v) is 3.89. The van der Waals surface area contributed by atoms with E-state index in [1.165, 1.54) is 6.42 Å². The summed E-state index contributed by atoms with van der Waals surface area (Å²) in [7, 11) is 0. The van der Waals surface area contributed by atoms with Gasteiger partial charge in [0.1, 0.15) is 0 Å². The van der Waals surface area contributed by atoms with E-state index in [2.05, 4.69) is 6.07 Å². The zero-order valence-electron chi connectivity index (χ0n) is 6.08. The van der Waals surface area contributed by atoms with Gasteiger partial charge in [-0.3, -0.25) is 0 Å². The lowest BCUT2D eigenvalue weighted by Gasteiger charge is -2.24. The Morgan fingerprint density at radius 1 is 1.40 bits per heavy atom. The van der Waals surface area contributed by atoms with E-state index in [0.717, 1.165) is 19.3 Å². The summed E-state index contributed by atoms with van der Waals surface area (Å²) in [6, 6.07) is 2.11. The van der Waals surface area contributed by atoms with Crippen molar-refractivity contribution in [1.29, 1.82) is 5.26 Å². The van der Waals surface area contributed by atoms with E-state index < -0.39 is 0 Å². The van der Waals surface area contributed by atoms with Crippen molar-refractivity contribution in [3.8, 4) is 6.07 Å². The Labute approximate surface area is 61.5 Å². The fraction of sp³-hybridized carbons (Fsp3) is 0.875. The Morgan fingerprint density at radius 2 is 2.10 bits per heavy atom. The van der Waals surface area contributed by atoms with Crippen LogP contribution in [0.3, 0.4) is 0 Å². The van der Waals surface area contributed by atoms with E-state index in [4.69, 9.17) is 5.26 Å². The number of aliphatic hydroxyl groups excluding tert-OH is 1. The van der Waals surface area contributed by atoms with Gasteiger partial charge in [-0.2, -0.15) is 5.26 Å². The van der Waals surface area contributed by atoms with Gasteiger partial charge in [-0.15, -0.1) is 0 Å². The molecule has 56 valence electrons. The van der Waals surface area contributed by atoms with Gasteiger partial charge in [0.2, 0.25) is 0 Å². The zero-order valence-corrected chi connectivity index (χ0v) is 6.08. The third-order valence-corrected chi connectivity index (χ3v) is 2.22. The van der Waals surface area contributed by atoms with Gasteiger partial charge in [-0.05, 0) is 18.8 Å². The maximum absolute atomic E-state index is 9.35. The van der Waals surface area contributed by atoms with Gasteiger partial charge in [0.05, 0.1) is 12.2 Å². The second-order valence-corrected chi connectivity index (χ2v) is 2.97. The third kappa shape index (κ3) is 1.71. The van der Waals surface area contributed by atoms with Gasteiger partial charge in [0, 0.05) is 6.42 Å². The summed E-state index contributed by atoms with van der Waals surface area (Å²) in [5, 5.41) is 17.7. The fourth-order valence-electron chi connectivity index (χ4n) is 1.54. The maximum Gasteiger partial charge on any atom is 0.0625 e. The van der Waals surface area contributed by atoms with Crippen LogP contribution in [0.2, 0.25) is 0 Å². The Hall–Kier alpha value is -0.550. The first kappa shape index (κ1) is 7.56. The van der Waals surface area contributed by atoms with Gasteiger partial charge < -0.3 is 5.11 Å². The largest absolute Gasteiger partial charge is 0.393 e. The normalized spacial score (nSPS) is 33.2. The molecule has 0 unspecified atom stereocenters. The molecule has 0 radical (unpaired) electrons. The zero-order chi connectivity index (χ0) is 7.40. The van der Waals surface area contributed by atoms with Crippen LogP contribution in [0.4, 0.5) is 0 Å². The molecular weight excluding hydrogens is 126 g/mol. The predicted molar refractivity (Wildman–Crippen MR) is 38.2 cm³/mol. The van der Waals surface area contributed by atoms with Crippen LogP contribution in [0, 0.1) is 17.2 Å². The number of rotatable bonds is 1. The monoisotopic (exact) mass is 139 g/mol. The number of nitrogens with zero attached hydrogens (tertiary/aromatic N) is 1. The van der Waals surface area contributed by atoms with E-state index in [1.807, 2.05) is 0 Å². The Bertz CT molecular complexity index is 139. The molecule has 1 rings (SSSR count). The van der Waals surface area contributed by atoms with Crippen LogP contribution in [-0.4, -0.2) is 11.2 Å². The molecule has 0 aromatic heterocycles. The minimum atomic E-state index is -0.201. The van der Waals surface area contributed by atoms with Gasteiger partial charge in [0.25, 0.3) is 0 Å². The molecular formula is C8H13NO.